The largest absolute Gasteiger partial charge is 0.369 e. The number of amides is 1. The molecule has 132 valence electrons. The summed E-state index contributed by atoms with van der Waals surface area (Å²) in [7, 11) is 3.57. The zero-order valence-corrected chi connectivity index (χ0v) is 14.7. The minimum atomic E-state index is -0.632. The van der Waals surface area contributed by atoms with Gasteiger partial charge in [-0.2, -0.15) is 0 Å². The van der Waals surface area contributed by atoms with Crippen LogP contribution < -0.4 is 10.2 Å². The van der Waals surface area contributed by atoms with E-state index >= 15 is 0 Å². The Bertz CT molecular complexity index is 747. The van der Waals surface area contributed by atoms with E-state index in [0.29, 0.717) is 12.1 Å². The number of carbonyl (C=O) groups excluding carboxylic acids is 1. The van der Waals surface area contributed by atoms with Crippen molar-refractivity contribution in [3.8, 4) is 0 Å². The van der Waals surface area contributed by atoms with Crippen LogP contribution in [0.3, 0.4) is 0 Å². The van der Waals surface area contributed by atoms with E-state index in [1.54, 1.807) is 37.2 Å². The Kier molecular flexibility index (Phi) is 5.34. The van der Waals surface area contributed by atoms with Crippen LogP contribution in [0.15, 0.2) is 48.5 Å². The molecule has 1 aliphatic heterocycles. The molecule has 0 saturated carbocycles. The first kappa shape index (κ1) is 17.4. The first-order valence-corrected chi connectivity index (χ1v) is 8.59. The Morgan fingerprint density at radius 3 is 2.68 bits per heavy atom. The van der Waals surface area contributed by atoms with Crippen molar-refractivity contribution in [2.75, 3.05) is 38.6 Å². The Hall–Kier alpha value is -2.40. The summed E-state index contributed by atoms with van der Waals surface area (Å²) in [4.78, 5) is 16.6. The van der Waals surface area contributed by atoms with Crippen LogP contribution >= 0.6 is 0 Å². The van der Waals surface area contributed by atoms with Crippen molar-refractivity contribution in [1.82, 2.24) is 10.2 Å². The van der Waals surface area contributed by atoms with Gasteiger partial charge in [-0.25, -0.2) is 4.39 Å². The molecular weight excluding hydrogens is 317 g/mol. The number of rotatable bonds is 6. The number of carbonyl (C=O) groups is 1. The van der Waals surface area contributed by atoms with E-state index in [4.69, 9.17) is 0 Å². The van der Waals surface area contributed by atoms with Crippen molar-refractivity contribution in [2.45, 2.75) is 12.5 Å². The number of likely N-dealkylation sites (N-methyl/N-ethyl adjacent to an activating group) is 1. The number of hydrogen-bond donors (Lipinski definition) is 1. The number of nitrogens with zero attached hydrogens (tertiary/aromatic N) is 2. The maximum atomic E-state index is 14.1. The van der Waals surface area contributed by atoms with E-state index in [1.165, 1.54) is 17.3 Å². The van der Waals surface area contributed by atoms with Crippen molar-refractivity contribution in [3.05, 3.63) is 65.5 Å². The maximum Gasteiger partial charge on any atom is 0.242 e. The summed E-state index contributed by atoms with van der Waals surface area (Å²) < 4.78 is 14.1. The monoisotopic (exact) mass is 341 g/mol. The molecule has 25 heavy (non-hydrogen) atoms. The summed E-state index contributed by atoms with van der Waals surface area (Å²) >= 11 is 0. The molecule has 1 aliphatic rings. The van der Waals surface area contributed by atoms with Gasteiger partial charge in [-0.3, -0.25) is 9.69 Å². The van der Waals surface area contributed by atoms with E-state index in [-0.39, 0.29) is 11.7 Å². The van der Waals surface area contributed by atoms with Gasteiger partial charge < -0.3 is 10.2 Å². The fourth-order valence-electron chi connectivity index (χ4n) is 3.40. The van der Waals surface area contributed by atoms with Gasteiger partial charge in [-0.1, -0.05) is 36.4 Å². The van der Waals surface area contributed by atoms with Crippen LogP contribution in [0, 0.1) is 5.82 Å². The molecule has 5 heteroatoms. The average Bonchev–Trinajstić information content (AvgIpc) is 3.00. The highest BCUT2D eigenvalue weighted by atomic mass is 19.1. The molecule has 0 aliphatic carbocycles. The van der Waals surface area contributed by atoms with Crippen molar-refractivity contribution in [1.29, 1.82) is 0 Å². The van der Waals surface area contributed by atoms with Crippen LogP contribution in [0.2, 0.25) is 0 Å². The second-order valence-corrected chi connectivity index (χ2v) is 6.54. The molecule has 0 aromatic heterocycles. The number of halogens is 1. The van der Waals surface area contributed by atoms with Gasteiger partial charge in [0.25, 0.3) is 0 Å². The van der Waals surface area contributed by atoms with E-state index in [9.17, 15) is 9.18 Å². The summed E-state index contributed by atoms with van der Waals surface area (Å²) in [5, 5.41) is 2.96. The van der Waals surface area contributed by atoms with E-state index in [2.05, 4.69) is 28.4 Å². The molecule has 0 unspecified atom stereocenters. The number of anilines is 1. The summed E-state index contributed by atoms with van der Waals surface area (Å²) in [6.45, 7) is 2.26. The smallest absolute Gasteiger partial charge is 0.242 e. The van der Waals surface area contributed by atoms with Crippen molar-refractivity contribution in [3.63, 3.8) is 0 Å². The lowest BCUT2D eigenvalue weighted by Crippen LogP contribution is -2.41. The van der Waals surface area contributed by atoms with Gasteiger partial charge in [0.2, 0.25) is 5.91 Å². The second-order valence-electron chi connectivity index (χ2n) is 6.54. The van der Waals surface area contributed by atoms with E-state index in [0.717, 1.165) is 19.5 Å². The molecule has 0 saturated heterocycles. The number of nitrogens with one attached hydrogen (secondary N) is 1. The predicted molar refractivity (Wildman–Crippen MR) is 98.2 cm³/mol. The average molecular weight is 341 g/mol. The summed E-state index contributed by atoms with van der Waals surface area (Å²) in [5.41, 5.74) is 3.00. The Morgan fingerprint density at radius 2 is 1.92 bits per heavy atom. The number of para-hydroxylation sites is 1. The Labute approximate surface area is 148 Å². The molecular formula is C20H24FN3O. The molecule has 2 aromatic carbocycles. The molecule has 4 nitrogen and oxygen atoms in total. The Balaban J connectivity index is 1.61. The summed E-state index contributed by atoms with van der Waals surface area (Å²) in [6.07, 6.45) is 1.04. The van der Waals surface area contributed by atoms with Crippen LogP contribution in [-0.2, 0) is 11.2 Å². The zero-order chi connectivity index (χ0) is 17.8. The third kappa shape index (κ3) is 3.82. The molecule has 1 N–H and O–H groups in total. The lowest BCUT2D eigenvalue weighted by molar-refractivity contribution is -0.125. The highest BCUT2D eigenvalue weighted by Gasteiger charge is 2.25. The molecule has 0 spiro atoms. The topological polar surface area (TPSA) is 35.6 Å². The summed E-state index contributed by atoms with van der Waals surface area (Å²) in [6, 6.07) is 14.2. The first-order chi connectivity index (χ1) is 12.1. The quantitative estimate of drug-likeness (QED) is 0.877. The molecule has 0 fully saturated rings. The highest BCUT2D eigenvalue weighted by molar-refractivity contribution is 5.83. The van der Waals surface area contributed by atoms with Crippen molar-refractivity contribution < 1.29 is 9.18 Å². The van der Waals surface area contributed by atoms with Crippen LogP contribution in [0.4, 0.5) is 10.1 Å². The van der Waals surface area contributed by atoms with Crippen LogP contribution in [-0.4, -0.2) is 44.5 Å². The number of benzene rings is 2. The van der Waals surface area contributed by atoms with E-state index < -0.39 is 6.04 Å². The Morgan fingerprint density at radius 1 is 1.20 bits per heavy atom. The van der Waals surface area contributed by atoms with Gasteiger partial charge in [0, 0.05) is 30.9 Å². The van der Waals surface area contributed by atoms with Crippen LogP contribution in [0.1, 0.15) is 17.2 Å². The lowest BCUT2D eigenvalue weighted by Gasteiger charge is -2.25. The minimum Gasteiger partial charge on any atom is -0.369 e. The molecule has 0 bridgehead atoms. The fraction of sp³-hybridized carbons (Fsp3) is 0.350. The fourth-order valence-corrected chi connectivity index (χ4v) is 3.40. The molecule has 2 aromatic rings. The third-order valence-corrected chi connectivity index (χ3v) is 4.63. The van der Waals surface area contributed by atoms with Crippen molar-refractivity contribution in [2.24, 2.45) is 0 Å². The maximum absolute atomic E-state index is 14.1. The van der Waals surface area contributed by atoms with Gasteiger partial charge in [-0.15, -0.1) is 0 Å². The summed E-state index contributed by atoms with van der Waals surface area (Å²) in [5.74, 6) is -0.535. The third-order valence-electron chi connectivity index (χ3n) is 4.63. The minimum absolute atomic E-state index is 0.178. The van der Waals surface area contributed by atoms with Gasteiger partial charge in [0.1, 0.15) is 11.9 Å². The van der Waals surface area contributed by atoms with Crippen LogP contribution in [0.5, 0.6) is 0 Å². The highest BCUT2D eigenvalue weighted by Crippen LogP contribution is 2.26. The van der Waals surface area contributed by atoms with Crippen LogP contribution in [0.25, 0.3) is 0 Å². The molecule has 0 radical (unpaired) electrons. The van der Waals surface area contributed by atoms with Gasteiger partial charge in [-0.05, 0) is 38.2 Å². The zero-order valence-electron chi connectivity index (χ0n) is 14.7. The molecule has 1 atom stereocenters. The first-order valence-electron chi connectivity index (χ1n) is 8.59. The van der Waals surface area contributed by atoms with Gasteiger partial charge in [0.15, 0.2) is 0 Å². The predicted octanol–water partition coefficient (Wildman–Crippen LogP) is 2.61. The van der Waals surface area contributed by atoms with E-state index in [1.807, 2.05) is 6.07 Å². The second kappa shape index (κ2) is 7.66. The van der Waals surface area contributed by atoms with Gasteiger partial charge >= 0.3 is 0 Å². The molecule has 1 heterocycles. The SMILES string of the molecule is CN(C)[C@@H](C(=O)NCCN1CCc2ccccc21)c1ccccc1F. The lowest BCUT2D eigenvalue weighted by atomic mass is 10.0. The molecule has 1 amide bonds. The normalized spacial score (nSPS) is 14.5. The van der Waals surface area contributed by atoms with Gasteiger partial charge in [0.05, 0.1) is 0 Å². The number of hydrogen-bond acceptors (Lipinski definition) is 3. The molecule has 3 rings (SSSR count). The number of fused-ring (bicyclic) bond motifs is 1. The standard InChI is InChI=1S/C20H24FN3O/c1-23(2)19(16-8-4-5-9-17(16)21)20(25)22-12-14-24-13-11-15-7-3-6-10-18(15)24/h3-10,19H,11-14H2,1-2H3,(H,22,25)/t19-/m1/s1. The van der Waals surface area contributed by atoms with Crippen molar-refractivity contribution >= 4 is 11.6 Å².